The number of nitrogens with zero attached hydrogens (tertiary/aromatic N) is 2. The molecule has 8 nitrogen and oxygen atoms in total. The molecule has 0 amide bonds. The fraction of sp³-hybridized carbons (Fsp3) is 0.125. The molecule has 4 aromatic rings. The molecule has 4 unspecified atom stereocenters. The molecule has 5 aliphatic rings. The molecule has 41 heavy (non-hydrogen) atoms. The maximum Gasteiger partial charge on any atom is 2.00 e. The summed E-state index contributed by atoms with van der Waals surface area (Å²) in [5, 5.41) is 26.5. The fourth-order valence-electron chi connectivity index (χ4n) is 6.52. The summed E-state index contributed by atoms with van der Waals surface area (Å²) in [5.74, 6) is 5.51. The molecule has 2 aromatic carbocycles. The Bertz CT molecular complexity index is 1770. The summed E-state index contributed by atoms with van der Waals surface area (Å²) >= 11 is 0. The van der Waals surface area contributed by atoms with Crippen molar-refractivity contribution < 1.29 is 19.5 Å². The number of fused-ring (bicyclic) bond motifs is 18. The van der Waals surface area contributed by atoms with Crippen molar-refractivity contribution in [2.24, 2.45) is 11.8 Å². The van der Waals surface area contributed by atoms with Crippen LogP contribution in [0.25, 0.3) is 21.5 Å². The first-order valence-electron chi connectivity index (χ1n) is 13.7. The molecule has 2 aromatic heterocycles. The molecule has 6 N–H and O–H groups in total. The zero-order valence-electron chi connectivity index (χ0n) is 22.1. The Morgan fingerprint density at radius 3 is 1.37 bits per heavy atom. The van der Waals surface area contributed by atoms with Crippen LogP contribution >= 0.6 is 0 Å². The Balaban J connectivity index is 0.00000256. The van der Waals surface area contributed by atoms with E-state index in [0.29, 0.717) is 0 Å². The van der Waals surface area contributed by atoms with Crippen LogP contribution in [0, 0.1) is 11.8 Å². The van der Waals surface area contributed by atoms with E-state index in [2.05, 4.69) is 129 Å². The third-order valence-corrected chi connectivity index (χ3v) is 8.42. The Kier molecular flexibility index (Phi) is 5.44. The predicted octanol–water partition coefficient (Wildman–Crippen LogP) is 5.03. The van der Waals surface area contributed by atoms with E-state index in [1.54, 1.807) is 0 Å². The maximum absolute atomic E-state index is 5.11. The van der Waals surface area contributed by atoms with E-state index in [9.17, 15) is 0 Å². The Morgan fingerprint density at radius 2 is 0.902 bits per heavy atom. The molecule has 4 atom stereocenters. The van der Waals surface area contributed by atoms with Crippen LogP contribution in [0.3, 0.4) is 0 Å². The van der Waals surface area contributed by atoms with Gasteiger partial charge < -0.3 is 41.9 Å². The molecule has 9 heteroatoms. The molecule has 0 saturated heterocycles. The van der Waals surface area contributed by atoms with Gasteiger partial charge in [-0.3, -0.25) is 0 Å². The van der Waals surface area contributed by atoms with E-state index in [0.717, 1.165) is 56.5 Å². The van der Waals surface area contributed by atoms with Crippen molar-refractivity contribution >= 4 is 44.8 Å². The first-order valence-corrected chi connectivity index (χ1v) is 13.7. The van der Waals surface area contributed by atoms with E-state index >= 15 is 0 Å². The van der Waals surface area contributed by atoms with Gasteiger partial charge in [0.05, 0.1) is 24.0 Å². The van der Waals surface area contributed by atoms with Crippen molar-refractivity contribution in [2.45, 2.75) is 12.3 Å². The van der Waals surface area contributed by atoms with Crippen molar-refractivity contribution in [3.63, 3.8) is 0 Å². The standard InChI is InChI=1S/C32H26N8.Zn/c1-2-10-18-17(9-1)25-33-26(18)38-28-21-13-5-6-14-22(21)30(35-28)40-32-24-16-8-7-15-23(24)31(36-32)39-29-20-12-4-3-11-19(20)27(34-29)37-25;/h1-17,23,25,31,33,36-40H;/q-2;+2. The third-order valence-electron chi connectivity index (χ3n) is 8.42. The van der Waals surface area contributed by atoms with Crippen LogP contribution in [0.5, 0.6) is 0 Å². The smallest absolute Gasteiger partial charge is 0.421 e. The second kappa shape index (κ2) is 9.21. The van der Waals surface area contributed by atoms with Gasteiger partial charge in [0.2, 0.25) is 0 Å². The average molecular weight is 588 g/mol. The van der Waals surface area contributed by atoms with Crippen LogP contribution in [0.4, 0.5) is 23.3 Å². The molecule has 9 rings (SSSR count). The van der Waals surface area contributed by atoms with Crippen LogP contribution in [0.2, 0.25) is 0 Å². The number of allylic oxidation sites excluding steroid dienone is 6. The topological polar surface area (TPSA) is 100 Å². The number of anilines is 4. The molecule has 0 radical (unpaired) electrons. The van der Waals surface area contributed by atoms with E-state index in [1.807, 2.05) is 0 Å². The van der Waals surface area contributed by atoms with E-state index in [1.165, 1.54) is 11.1 Å². The van der Waals surface area contributed by atoms with Gasteiger partial charge in [0.25, 0.3) is 0 Å². The molecule has 0 fully saturated rings. The van der Waals surface area contributed by atoms with Crippen molar-refractivity contribution in [1.29, 1.82) is 0 Å². The van der Waals surface area contributed by atoms with Crippen molar-refractivity contribution in [1.82, 2.24) is 20.6 Å². The molecule has 2 aliphatic carbocycles. The number of hydrogen-bond acceptors (Lipinski definition) is 6. The first kappa shape index (κ1) is 24.2. The summed E-state index contributed by atoms with van der Waals surface area (Å²) in [7, 11) is 0. The zero-order chi connectivity index (χ0) is 26.2. The number of aromatic nitrogens is 2. The molecule has 8 bridgehead atoms. The Labute approximate surface area is 249 Å². The third kappa shape index (κ3) is 3.69. The van der Waals surface area contributed by atoms with Gasteiger partial charge in [-0.25, -0.2) is 0 Å². The van der Waals surface area contributed by atoms with Gasteiger partial charge in [-0.05, 0) is 32.7 Å². The van der Waals surface area contributed by atoms with E-state index in [4.69, 9.17) is 9.97 Å². The number of rotatable bonds is 0. The minimum atomic E-state index is -0.0764. The van der Waals surface area contributed by atoms with Gasteiger partial charge >= 0.3 is 19.5 Å². The molecule has 196 valence electrons. The molecule has 3 aliphatic heterocycles. The summed E-state index contributed by atoms with van der Waals surface area (Å²) in [6.07, 6.45) is 17.0. The number of nitrogens with one attached hydrogen (secondary N) is 6. The summed E-state index contributed by atoms with van der Waals surface area (Å²) < 4.78 is 0. The first-order chi connectivity index (χ1) is 19.8. The summed E-state index contributed by atoms with van der Waals surface area (Å²) in [6, 6.07) is 16.7. The van der Waals surface area contributed by atoms with E-state index in [-0.39, 0.29) is 43.6 Å². The quantitative estimate of drug-likeness (QED) is 0.159. The SMILES string of the molecule is C1=CC2=C3Nc4[n-]c(c5ccccc45)NC4=C5C=CC=CC5C(N4)Nc4[n-]c(c5ccccc45)NC(N3)C2C=C1.[Zn+2]. The van der Waals surface area contributed by atoms with Crippen molar-refractivity contribution in [3.8, 4) is 0 Å². The zero-order valence-corrected chi connectivity index (χ0v) is 25.1. The predicted molar refractivity (Wildman–Crippen MR) is 160 cm³/mol. The Hall–Kier alpha value is -4.62. The van der Waals surface area contributed by atoms with Gasteiger partial charge in [0, 0.05) is 35.1 Å². The molecular formula is C32H26N8Zn. The monoisotopic (exact) mass is 586 g/mol. The van der Waals surface area contributed by atoms with Crippen LogP contribution in [-0.2, 0) is 19.5 Å². The van der Waals surface area contributed by atoms with Crippen molar-refractivity contribution in [2.75, 3.05) is 21.3 Å². The van der Waals surface area contributed by atoms with Crippen molar-refractivity contribution in [3.05, 3.63) is 120 Å². The van der Waals surface area contributed by atoms with Gasteiger partial charge in [-0.2, -0.15) is 0 Å². The molecular weight excluding hydrogens is 562 g/mol. The second-order valence-electron chi connectivity index (χ2n) is 10.7. The van der Waals surface area contributed by atoms with Crippen LogP contribution in [0.1, 0.15) is 0 Å². The normalized spacial score (nSPS) is 25.0. The van der Waals surface area contributed by atoms with E-state index < -0.39 is 0 Å². The minimum absolute atomic E-state index is 0. The van der Waals surface area contributed by atoms with Gasteiger partial charge in [-0.1, -0.05) is 97.1 Å². The molecule has 0 saturated carbocycles. The van der Waals surface area contributed by atoms with Gasteiger partial charge in [-0.15, -0.1) is 0 Å². The fourth-order valence-corrected chi connectivity index (χ4v) is 6.52. The largest absolute Gasteiger partial charge is 2.00 e. The number of hydrogen-bond donors (Lipinski definition) is 6. The van der Waals surface area contributed by atoms with Crippen LogP contribution in [0.15, 0.2) is 120 Å². The van der Waals surface area contributed by atoms with Crippen LogP contribution in [-0.4, -0.2) is 12.3 Å². The minimum Gasteiger partial charge on any atom is -0.421 e. The molecule has 5 heterocycles. The van der Waals surface area contributed by atoms with Gasteiger partial charge in [0.15, 0.2) is 0 Å². The average Bonchev–Trinajstić information content (AvgIpc) is 3.73. The van der Waals surface area contributed by atoms with Crippen LogP contribution < -0.4 is 41.9 Å². The molecule has 0 spiro atoms. The Morgan fingerprint density at radius 1 is 0.488 bits per heavy atom. The summed E-state index contributed by atoms with van der Waals surface area (Å²) in [4.78, 5) is 10.2. The number of benzene rings is 2. The summed E-state index contributed by atoms with van der Waals surface area (Å²) in [6.45, 7) is 0. The summed E-state index contributed by atoms with van der Waals surface area (Å²) in [5.41, 5.74) is 2.38. The maximum atomic E-state index is 5.11. The van der Waals surface area contributed by atoms with Gasteiger partial charge in [0.1, 0.15) is 0 Å². The second-order valence-corrected chi connectivity index (χ2v) is 10.7.